The minimum absolute atomic E-state index is 0. The van der Waals surface area contributed by atoms with Gasteiger partial charge in [0.25, 0.3) is 0 Å². The lowest BCUT2D eigenvalue weighted by Gasteiger charge is -2.39. The fourth-order valence-corrected chi connectivity index (χ4v) is 4.93. The second-order valence-corrected chi connectivity index (χ2v) is 8.01. The van der Waals surface area contributed by atoms with E-state index in [0.717, 1.165) is 30.7 Å². The Morgan fingerprint density at radius 3 is 2.32 bits per heavy atom. The van der Waals surface area contributed by atoms with Gasteiger partial charge in [0.05, 0.1) is 11.6 Å². The number of hydrogen-bond donors (Lipinski definition) is 2. The Balaban J connectivity index is 0.00000156. The normalized spacial score (nSPS) is 19.8. The lowest BCUT2D eigenvalue weighted by molar-refractivity contribution is 0.124. The summed E-state index contributed by atoms with van der Waals surface area (Å²) in [5.74, 6) is 1.37. The first kappa shape index (κ1) is 23.3. The number of phenolic OH excluding ortho intramolecular Hbond substituents is 1. The molecule has 2 N–H and O–H groups in total. The van der Waals surface area contributed by atoms with Gasteiger partial charge in [-0.25, -0.2) is 0 Å². The van der Waals surface area contributed by atoms with Crippen LogP contribution < -0.4 is 10.1 Å². The number of hydrogen-bond acceptors (Lipinski definition) is 4. The standard InChI is InChI=1S/C17H24Br2N2O2.2ClH/c1-23-13-10-12(14(18)15(19)17(13)22)16(11-4-2-3-5-11)21-8-6-20-7-9-21;;/h10-11,16,20,22H,2-9H2,1H3;2*1H/t16-;;/m0../s1. The SMILES string of the molecule is COc1cc([C@H](C2CCCC2)N2CCNCC2)c(Br)c(Br)c1O.Cl.Cl. The molecule has 0 spiro atoms. The van der Waals surface area contributed by atoms with E-state index in [1.165, 1.54) is 31.2 Å². The average molecular weight is 521 g/mol. The Labute approximate surface area is 179 Å². The van der Waals surface area contributed by atoms with E-state index in [2.05, 4.69) is 42.1 Å². The van der Waals surface area contributed by atoms with Crippen molar-refractivity contribution in [3.8, 4) is 11.5 Å². The Morgan fingerprint density at radius 1 is 1.16 bits per heavy atom. The van der Waals surface area contributed by atoms with Crippen LogP contribution in [0.5, 0.6) is 11.5 Å². The molecule has 0 aromatic heterocycles. The fourth-order valence-electron chi connectivity index (χ4n) is 3.96. The molecule has 1 aromatic rings. The van der Waals surface area contributed by atoms with E-state index >= 15 is 0 Å². The second kappa shape index (κ2) is 10.6. The van der Waals surface area contributed by atoms with Crippen LogP contribution in [0.15, 0.2) is 15.0 Å². The summed E-state index contributed by atoms with van der Waals surface area (Å²) >= 11 is 7.22. The molecule has 144 valence electrons. The van der Waals surface area contributed by atoms with Gasteiger partial charge in [0.1, 0.15) is 0 Å². The molecule has 0 radical (unpaired) electrons. The molecule has 0 unspecified atom stereocenters. The summed E-state index contributed by atoms with van der Waals surface area (Å²) in [7, 11) is 1.61. The third-order valence-electron chi connectivity index (χ3n) is 5.10. The van der Waals surface area contributed by atoms with Gasteiger partial charge < -0.3 is 15.2 Å². The average Bonchev–Trinajstić information content (AvgIpc) is 3.10. The van der Waals surface area contributed by atoms with E-state index in [9.17, 15) is 5.11 Å². The van der Waals surface area contributed by atoms with Crippen molar-refractivity contribution in [3.05, 3.63) is 20.6 Å². The number of halogens is 4. The summed E-state index contributed by atoms with van der Waals surface area (Å²) in [5, 5.41) is 13.7. The van der Waals surface area contributed by atoms with Gasteiger partial charge in [0.2, 0.25) is 0 Å². The molecule has 1 saturated heterocycles. The first-order chi connectivity index (χ1) is 11.1. The molecule has 3 rings (SSSR count). The van der Waals surface area contributed by atoms with E-state index in [1.54, 1.807) is 7.11 Å². The minimum Gasteiger partial charge on any atom is -0.503 e. The highest BCUT2D eigenvalue weighted by Crippen LogP contribution is 2.48. The molecule has 25 heavy (non-hydrogen) atoms. The number of nitrogens with one attached hydrogen (secondary N) is 1. The number of ether oxygens (including phenoxy) is 1. The molecule has 1 aromatic carbocycles. The Bertz CT molecular complexity index is 566. The van der Waals surface area contributed by atoms with Crippen LogP contribution in [0.25, 0.3) is 0 Å². The van der Waals surface area contributed by atoms with E-state index in [-0.39, 0.29) is 30.6 Å². The number of piperazine rings is 1. The molecule has 1 heterocycles. The monoisotopic (exact) mass is 518 g/mol. The first-order valence-corrected chi connectivity index (χ1v) is 9.91. The highest BCUT2D eigenvalue weighted by Gasteiger charge is 2.34. The Hall–Kier alpha value is 0.280. The topological polar surface area (TPSA) is 44.7 Å². The Morgan fingerprint density at radius 2 is 1.76 bits per heavy atom. The van der Waals surface area contributed by atoms with E-state index in [4.69, 9.17) is 4.74 Å². The van der Waals surface area contributed by atoms with Gasteiger partial charge in [-0.1, -0.05) is 12.8 Å². The molecule has 0 amide bonds. The molecule has 2 fully saturated rings. The first-order valence-electron chi connectivity index (χ1n) is 8.33. The maximum atomic E-state index is 10.2. The number of rotatable bonds is 4. The number of nitrogens with zero attached hydrogens (tertiary/aromatic N) is 1. The summed E-state index contributed by atoms with van der Waals surface area (Å²) in [4.78, 5) is 2.59. The largest absolute Gasteiger partial charge is 0.503 e. The molecule has 4 nitrogen and oxygen atoms in total. The second-order valence-electron chi connectivity index (χ2n) is 6.42. The predicted octanol–water partition coefficient (Wildman–Crippen LogP) is 4.91. The minimum atomic E-state index is 0. The summed E-state index contributed by atoms with van der Waals surface area (Å²) in [6.07, 6.45) is 5.20. The number of methoxy groups -OCH3 is 1. The van der Waals surface area contributed by atoms with Crippen LogP contribution >= 0.6 is 56.7 Å². The van der Waals surface area contributed by atoms with Crippen molar-refractivity contribution in [2.45, 2.75) is 31.7 Å². The summed E-state index contributed by atoms with van der Waals surface area (Å²) in [6, 6.07) is 2.38. The molecule has 1 saturated carbocycles. The van der Waals surface area contributed by atoms with Crippen molar-refractivity contribution < 1.29 is 9.84 Å². The van der Waals surface area contributed by atoms with Crippen molar-refractivity contribution in [2.24, 2.45) is 5.92 Å². The van der Waals surface area contributed by atoms with Crippen LogP contribution in [0.4, 0.5) is 0 Å². The van der Waals surface area contributed by atoms with Gasteiger partial charge in [0, 0.05) is 36.7 Å². The van der Waals surface area contributed by atoms with E-state index < -0.39 is 0 Å². The zero-order chi connectivity index (χ0) is 16.4. The zero-order valence-electron chi connectivity index (χ0n) is 14.3. The van der Waals surface area contributed by atoms with Crippen LogP contribution in [-0.2, 0) is 0 Å². The molecule has 2 aliphatic rings. The van der Waals surface area contributed by atoms with Crippen molar-refractivity contribution in [1.82, 2.24) is 10.2 Å². The quantitative estimate of drug-likeness (QED) is 0.592. The number of phenols is 1. The fraction of sp³-hybridized carbons (Fsp3) is 0.647. The molecular weight excluding hydrogens is 495 g/mol. The van der Waals surface area contributed by atoms with Gasteiger partial charge in [0.15, 0.2) is 11.5 Å². The van der Waals surface area contributed by atoms with Crippen LogP contribution in [0.3, 0.4) is 0 Å². The van der Waals surface area contributed by atoms with Crippen LogP contribution in [0.2, 0.25) is 0 Å². The van der Waals surface area contributed by atoms with Crippen LogP contribution in [0.1, 0.15) is 37.3 Å². The van der Waals surface area contributed by atoms with Crippen molar-refractivity contribution >= 4 is 56.7 Å². The lowest BCUT2D eigenvalue weighted by atomic mass is 9.89. The molecule has 8 heteroatoms. The summed E-state index contributed by atoms with van der Waals surface area (Å²) in [6.45, 7) is 4.21. The molecule has 1 aliphatic carbocycles. The maximum absolute atomic E-state index is 10.2. The van der Waals surface area contributed by atoms with Crippen molar-refractivity contribution in [3.63, 3.8) is 0 Å². The zero-order valence-corrected chi connectivity index (χ0v) is 19.1. The van der Waals surface area contributed by atoms with Gasteiger partial charge in [-0.05, 0) is 62.2 Å². The van der Waals surface area contributed by atoms with Gasteiger partial charge >= 0.3 is 0 Å². The summed E-state index contributed by atoms with van der Waals surface area (Å²) < 4.78 is 7.03. The van der Waals surface area contributed by atoms with E-state index in [0.29, 0.717) is 22.2 Å². The van der Waals surface area contributed by atoms with Crippen molar-refractivity contribution in [2.75, 3.05) is 33.3 Å². The van der Waals surface area contributed by atoms with Crippen molar-refractivity contribution in [1.29, 1.82) is 0 Å². The molecule has 1 atom stereocenters. The van der Waals surface area contributed by atoms with E-state index in [1.807, 2.05) is 6.07 Å². The lowest BCUT2D eigenvalue weighted by Crippen LogP contribution is -2.46. The van der Waals surface area contributed by atoms with Crippen LogP contribution in [0, 0.1) is 5.92 Å². The molecule has 0 bridgehead atoms. The maximum Gasteiger partial charge on any atom is 0.173 e. The highest BCUT2D eigenvalue weighted by atomic mass is 79.9. The highest BCUT2D eigenvalue weighted by molar-refractivity contribution is 9.13. The Kier molecular flexibility index (Phi) is 9.86. The third kappa shape index (κ3) is 4.96. The van der Waals surface area contributed by atoms with Gasteiger partial charge in [-0.15, -0.1) is 24.8 Å². The number of aromatic hydroxyl groups is 1. The number of benzene rings is 1. The smallest absolute Gasteiger partial charge is 0.173 e. The van der Waals surface area contributed by atoms with Gasteiger partial charge in [-0.3, -0.25) is 4.90 Å². The molecule has 1 aliphatic heterocycles. The predicted molar refractivity (Wildman–Crippen MR) is 114 cm³/mol. The molecular formula is C17H26Br2Cl2N2O2. The third-order valence-corrected chi connectivity index (χ3v) is 7.26. The summed E-state index contributed by atoms with van der Waals surface area (Å²) in [5.41, 5.74) is 1.22. The van der Waals surface area contributed by atoms with Gasteiger partial charge in [-0.2, -0.15) is 0 Å². The van der Waals surface area contributed by atoms with Crippen LogP contribution in [-0.4, -0.2) is 43.3 Å².